The molecule has 1 aliphatic rings. The van der Waals surface area contributed by atoms with Gasteiger partial charge in [0.2, 0.25) is 5.95 Å². The van der Waals surface area contributed by atoms with Crippen LogP contribution in [0.25, 0.3) is 10.9 Å². The Morgan fingerprint density at radius 1 is 1.21 bits per heavy atom. The van der Waals surface area contributed by atoms with E-state index in [1.807, 2.05) is 4.90 Å². The average molecular weight is 568 g/mol. The molecule has 210 valence electrons. The number of benzene rings is 1. The third-order valence-electron chi connectivity index (χ3n) is 6.33. The largest absolute Gasteiger partial charge is 0.396 e. The topological polar surface area (TPSA) is 93.7 Å². The molecule has 4 rings (SSSR count). The summed E-state index contributed by atoms with van der Waals surface area (Å²) in [4.78, 5) is 20.3. The zero-order chi connectivity index (χ0) is 27.8. The summed E-state index contributed by atoms with van der Waals surface area (Å²) in [6, 6.07) is 3.35. The number of hydrogen-bond acceptors (Lipinski definition) is 5. The van der Waals surface area contributed by atoms with E-state index in [-0.39, 0.29) is 65.9 Å². The van der Waals surface area contributed by atoms with Gasteiger partial charge in [0.25, 0.3) is 0 Å². The van der Waals surface area contributed by atoms with E-state index in [0.29, 0.717) is 25.9 Å². The van der Waals surface area contributed by atoms with Gasteiger partial charge in [-0.05, 0) is 49.6 Å². The van der Waals surface area contributed by atoms with Crippen molar-refractivity contribution >= 4 is 44.4 Å². The number of hydrogen-bond donors (Lipinski definition) is 3. The van der Waals surface area contributed by atoms with Crippen molar-refractivity contribution < 1.29 is 38.5 Å². The molecule has 3 N–H and O–H groups in total. The molecule has 2 amide bonds. The smallest absolute Gasteiger partial charge is 0.327 e. The zero-order valence-corrected chi connectivity index (χ0v) is 21.1. The first-order valence-electron chi connectivity index (χ1n) is 11.7. The van der Waals surface area contributed by atoms with Crippen molar-refractivity contribution in [2.45, 2.75) is 30.3 Å². The van der Waals surface area contributed by atoms with E-state index in [1.165, 1.54) is 12.1 Å². The number of carbonyl (C=O) groups excluding carboxylic acids is 1. The maximum atomic E-state index is 15.0. The van der Waals surface area contributed by atoms with Crippen molar-refractivity contribution in [2.24, 2.45) is 0 Å². The van der Waals surface area contributed by atoms with E-state index in [1.54, 1.807) is 7.11 Å². The highest BCUT2D eigenvalue weighted by Gasteiger charge is 2.65. The molecule has 1 fully saturated rings. The lowest BCUT2D eigenvalue weighted by atomic mass is 10.1. The van der Waals surface area contributed by atoms with Gasteiger partial charge in [-0.3, -0.25) is 4.90 Å². The van der Waals surface area contributed by atoms with Gasteiger partial charge in [-0.1, -0.05) is 19.4 Å². The Kier molecular flexibility index (Phi) is 6.99. The lowest BCUT2D eigenvalue weighted by molar-refractivity contribution is 0.0818. The van der Waals surface area contributed by atoms with Gasteiger partial charge in [-0.25, -0.2) is 9.78 Å². The first-order valence-corrected chi connectivity index (χ1v) is 13.6. The molecule has 0 saturated carbocycles. The van der Waals surface area contributed by atoms with Gasteiger partial charge in [0, 0.05) is 50.5 Å². The van der Waals surface area contributed by atoms with Crippen molar-refractivity contribution in [2.75, 3.05) is 48.5 Å². The van der Waals surface area contributed by atoms with E-state index in [2.05, 4.69) is 15.3 Å². The number of amides is 2. The number of nitrogens with zero attached hydrogens (tertiary/aromatic N) is 3. The highest BCUT2D eigenvalue weighted by molar-refractivity contribution is 8.45. The molecule has 2 aromatic heterocycles. The molecule has 38 heavy (non-hydrogen) atoms. The first kappa shape index (κ1) is 27.9. The molecule has 3 heterocycles. The number of halogens is 6. The van der Waals surface area contributed by atoms with Crippen LogP contribution >= 0.6 is 10.2 Å². The minimum absolute atomic E-state index is 0.0820. The van der Waals surface area contributed by atoms with Crippen LogP contribution in [-0.2, 0) is 4.74 Å². The average Bonchev–Trinajstić information content (AvgIpc) is 3.25. The van der Waals surface area contributed by atoms with E-state index >= 15 is 4.39 Å². The number of anilines is 3. The predicted molar refractivity (Wildman–Crippen MR) is 134 cm³/mol. The van der Waals surface area contributed by atoms with Gasteiger partial charge >= 0.3 is 16.3 Å². The fourth-order valence-corrected chi connectivity index (χ4v) is 4.98. The lowest BCUT2D eigenvalue weighted by Crippen LogP contribution is -2.38. The van der Waals surface area contributed by atoms with Gasteiger partial charge in [-0.2, -0.15) is 4.39 Å². The number of nitrogens with one attached hydrogen (secondary N) is 2. The second kappa shape index (κ2) is 9.54. The maximum Gasteiger partial charge on any atom is 0.327 e. The van der Waals surface area contributed by atoms with Crippen molar-refractivity contribution in [3.63, 3.8) is 0 Å². The van der Waals surface area contributed by atoms with Crippen molar-refractivity contribution in [3.05, 3.63) is 42.5 Å². The highest BCUT2D eigenvalue weighted by atomic mass is 32.5. The maximum absolute atomic E-state index is 15.0. The number of aromatic nitrogens is 2. The van der Waals surface area contributed by atoms with Crippen LogP contribution in [0.15, 0.2) is 41.4 Å². The van der Waals surface area contributed by atoms with Gasteiger partial charge in [0.15, 0.2) is 0 Å². The van der Waals surface area contributed by atoms with E-state index in [0.717, 1.165) is 17.2 Å². The zero-order valence-electron chi connectivity index (χ0n) is 20.3. The summed E-state index contributed by atoms with van der Waals surface area (Å²) in [5.74, 6) is -0.927. The minimum Gasteiger partial charge on any atom is -0.396 e. The summed E-state index contributed by atoms with van der Waals surface area (Å²) in [5.41, 5.74) is 0.130. The predicted octanol–water partition coefficient (Wildman–Crippen LogP) is 6.40. The van der Waals surface area contributed by atoms with Gasteiger partial charge in [0.05, 0.1) is 17.5 Å². The summed E-state index contributed by atoms with van der Waals surface area (Å²) in [6.45, 7) is 0.685. The highest BCUT2D eigenvalue weighted by Crippen LogP contribution is 3.02. The number of H-pyrrole nitrogens is 1. The van der Waals surface area contributed by atoms with Crippen LogP contribution in [0.3, 0.4) is 0 Å². The van der Waals surface area contributed by atoms with Crippen LogP contribution in [0.1, 0.15) is 19.3 Å². The quantitative estimate of drug-likeness (QED) is 0.217. The van der Waals surface area contributed by atoms with Crippen LogP contribution in [0, 0.1) is 5.95 Å². The number of methoxy groups -OCH3 is 1. The molecule has 0 unspecified atom stereocenters. The number of carbonyl (C=O) groups is 1. The molecular weight excluding hydrogens is 540 g/mol. The Bertz CT molecular complexity index is 1330. The van der Waals surface area contributed by atoms with Gasteiger partial charge in [-0.15, -0.1) is 0 Å². The standard InChI is InChI=1S/C23H27F6N5O3S/c1-37-15-7-10-33(11-8-15)20-5-6-21(32-22(20)24)34(9-2-12-35)23(36)31-19-14-30-18-4-3-16(13-17(18)19)38(25,26,27,28)29/h3-6,13-15,30,35H,2,7-12H2,1H3,(H,31,36). The summed E-state index contributed by atoms with van der Waals surface area (Å²) in [5, 5.41) is 11.3. The second-order valence-corrected chi connectivity index (χ2v) is 11.3. The van der Waals surface area contributed by atoms with Crippen LogP contribution < -0.4 is 15.1 Å². The molecule has 1 saturated heterocycles. The Morgan fingerprint density at radius 2 is 1.92 bits per heavy atom. The van der Waals surface area contributed by atoms with E-state index in [9.17, 15) is 29.3 Å². The Morgan fingerprint density at radius 3 is 2.53 bits per heavy atom. The molecule has 1 aliphatic heterocycles. The van der Waals surface area contributed by atoms with Crippen molar-refractivity contribution in [1.82, 2.24) is 9.97 Å². The summed E-state index contributed by atoms with van der Waals surface area (Å²) < 4.78 is 86.9. The lowest BCUT2D eigenvalue weighted by Gasteiger charge is -2.40. The van der Waals surface area contributed by atoms with Crippen LogP contribution in [-0.4, -0.2) is 60.6 Å². The fraction of sp³-hybridized carbons (Fsp3) is 0.391. The normalized spacial score (nSPS) is 16.8. The minimum atomic E-state index is -9.96. The van der Waals surface area contributed by atoms with E-state index in [4.69, 9.17) is 4.74 Å². The number of pyridine rings is 1. The molecule has 0 atom stereocenters. The molecule has 15 heteroatoms. The SMILES string of the molecule is COC1CCN(c2ccc(N(CCCO)C(=O)Nc3c[nH]c4ccc(S(F)(F)(F)(F)F)cc34)nc2F)CC1. The number of aliphatic hydroxyl groups is 1. The van der Waals surface area contributed by atoms with Crippen molar-refractivity contribution in [3.8, 4) is 0 Å². The first-order chi connectivity index (χ1) is 17.7. The number of fused-ring (bicyclic) bond motifs is 1. The fourth-order valence-electron chi connectivity index (χ4n) is 4.31. The second-order valence-electron chi connectivity index (χ2n) is 8.94. The Labute approximate surface area is 214 Å². The molecule has 0 spiro atoms. The molecule has 0 radical (unpaired) electrons. The van der Waals surface area contributed by atoms with Crippen molar-refractivity contribution in [1.29, 1.82) is 0 Å². The number of rotatable bonds is 8. The summed E-state index contributed by atoms with van der Waals surface area (Å²) >= 11 is 0. The van der Waals surface area contributed by atoms with Crippen LogP contribution in [0.5, 0.6) is 0 Å². The van der Waals surface area contributed by atoms with E-state index < -0.39 is 27.1 Å². The number of ether oxygens (including phenoxy) is 1. The Hall–Kier alpha value is -3.17. The Balaban J connectivity index is 1.59. The molecule has 8 nitrogen and oxygen atoms in total. The molecule has 3 aromatic rings. The number of aromatic amines is 1. The molecule has 0 bridgehead atoms. The number of urea groups is 1. The monoisotopic (exact) mass is 567 g/mol. The number of piperidine rings is 1. The summed E-state index contributed by atoms with van der Waals surface area (Å²) in [6.07, 6.45) is 2.74. The number of aliphatic hydroxyl groups excluding tert-OH is 1. The van der Waals surface area contributed by atoms with Gasteiger partial charge < -0.3 is 25.0 Å². The molecule has 0 aliphatic carbocycles. The summed E-state index contributed by atoms with van der Waals surface area (Å²) in [7, 11) is -8.34. The third kappa shape index (κ3) is 6.10. The van der Waals surface area contributed by atoms with Crippen LogP contribution in [0.4, 0.5) is 45.8 Å². The molecular formula is C23H27F6N5O3S. The van der Waals surface area contributed by atoms with Crippen LogP contribution in [0.2, 0.25) is 0 Å². The third-order valence-corrected chi connectivity index (χ3v) is 7.48. The van der Waals surface area contributed by atoms with Gasteiger partial charge in [0.1, 0.15) is 10.7 Å². The molecule has 1 aromatic carbocycles.